The van der Waals surface area contributed by atoms with Gasteiger partial charge < -0.3 is 10.4 Å². The smallest absolute Gasteiger partial charge is 0.278 e. The first-order chi connectivity index (χ1) is 11.0. The van der Waals surface area contributed by atoms with Gasteiger partial charge in [-0.25, -0.2) is 4.98 Å². The molecule has 0 amide bonds. The molecule has 1 heterocycles. The third-order valence-corrected chi connectivity index (χ3v) is 3.70. The molecule has 3 rings (SSSR count). The van der Waals surface area contributed by atoms with Crippen LogP contribution in [0.1, 0.15) is 5.56 Å². The Morgan fingerprint density at radius 2 is 2.00 bits per heavy atom. The third kappa shape index (κ3) is 2.89. The molecule has 0 atom stereocenters. The average Bonchev–Trinajstić information content (AvgIpc) is 2.49. The molecule has 0 saturated heterocycles. The van der Waals surface area contributed by atoms with E-state index in [2.05, 4.69) is 10.3 Å². The zero-order valence-electron chi connectivity index (χ0n) is 12.1. The SMILES string of the molecule is Cc1cc(O)ccc1Nc1nccc2c([N+](=O)[O-])cc(Cl)cc12. The van der Waals surface area contributed by atoms with Crippen molar-refractivity contribution < 1.29 is 10.0 Å². The van der Waals surface area contributed by atoms with Crippen LogP contribution in [-0.2, 0) is 0 Å². The molecule has 2 N–H and O–H groups in total. The topological polar surface area (TPSA) is 88.3 Å². The van der Waals surface area contributed by atoms with E-state index in [0.717, 1.165) is 11.3 Å². The average molecular weight is 330 g/mol. The maximum atomic E-state index is 11.2. The number of rotatable bonds is 3. The maximum absolute atomic E-state index is 11.2. The monoisotopic (exact) mass is 329 g/mol. The Labute approximate surface area is 136 Å². The lowest BCUT2D eigenvalue weighted by molar-refractivity contribution is -0.383. The van der Waals surface area contributed by atoms with Crippen LogP contribution in [0.25, 0.3) is 10.8 Å². The second-order valence-electron chi connectivity index (χ2n) is 5.06. The predicted molar refractivity (Wildman–Crippen MR) is 89.5 cm³/mol. The Morgan fingerprint density at radius 3 is 2.70 bits per heavy atom. The van der Waals surface area contributed by atoms with Gasteiger partial charge in [0.25, 0.3) is 5.69 Å². The summed E-state index contributed by atoms with van der Waals surface area (Å²) in [5.74, 6) is 0.625. The van der Waals surface area contributed by atoms with E-state index in [0.29, 0.717) is 16.6 Å². The molecule has 1 aromatic heterocycles. The fourth-order valence-electron chi connectivity index (χ4n) is 2.40. The number of nitro groups is 1. The number of anilines is 2. The van der Waals surface area contributed by atoms with Crippen LogP contribution in [0.3, 0.4) is 0 Å². The number of pyridine rings is 1. The molecule has 6 nitrogen and oxygen atoms in total. The number of aryl methyl sites for hydroxylation is 1. The Morgan fingerprint density at radius 1 is 1.22 bits per heavy atom. The van der Waals surface area contributed by atoms with E-state index in [1.165, 1.54) is 12.3 Å². The number of hydrogen-bond donors (Lipinski definition) is 2. The largest absolute Gasteiger partial charge is 0.508 e. The number of phenols is 1. The Kier molecular flexibility index (Phi) is 3.75. The molecule has 0 spiro atoms. The van der Waals surface area contributed by atoms with Gasteiger partial charge in [0.05, 0.1) is 10.3 Å². The van der Waals surface area contributed by atoms with Crippen molar-refractivity contribution in [3.8, 4) is 5.75 Å². The van der Waals surface area contributed by atoms with E-state index >= 15 is 0 Å². The summed E-state index contributed by atoms with van der Waals surface area (Å²) in [7, 11) is 0. The van der Waals surface area contributed by atoms with Crippen molar-refractivity contribution in [1.82, 2.24) is 4.98 Å². The normalized spacial score (nSPS) is 10.7. The van der Waals surface area contributed by atoms with Gasteiger partial charge in [-0.2, -0.15) is 0 Å². The summed E-state index contributed by atoms with van der Waals surface area (Å²) in [6.07, 6.45) is 1.50. The first-order valence-corrected chi connectivity index (χ1v) is 7.13. The molecule has 116 valence electrons. The minimum absolute atomic E-state index is 0.0691. The van der Waals surface area contributed by atoms with Gasteiger partial charge in [-0.1, -0.05) is 11.6 Å². The lowest BCUT2D eigenvalue weighted by Crippen LogP contribution is -1.98. The van der Waals surface area contributed by atoms with E-state index in [9.17, 15) is 15.2 Å². The second kappa shape index (κ2) is 5.73. The van der Waals surface area contributed by atoms with Gasteiger partial charge >= 0.3 is 0 Å². The molecule has 0 aliphatic rings. The van der Waals surface area contributed by atoms with Crippen LogP contribution in [0.15, 0.2) is 42.6 Å². The Bertz CT molecular complexity index is 928. The molecule has 0 unspecified atom stereocenters. The second-order valence-corrected chi connectivity index (χ2v) is 5.50. The predicted octanol–water partition coefficient (Wildman–Crippen LogP) is 4.55. The molecule has 7 heteroatoms. The number of halogens is 1. The molecule has 3 aromatic rings. The van der Waals surface area contributed by atoms with Crippen molar-refractivity contribution in [3.63, 3.8) is 0 Å². The molecule has 2 aromatic carbocycles. The van der Waals surface area contributed by atoms with Crippen molar-refractivity contribution in [3.05, 3.63) is 63.3 Å². The van der Waals surface area contributed by atoms with Crippen molar-refractivity contribution in [2.75, 3.05) is 5.32 Å². The Balaban J connectivity index is 2.16. The zero-order chi connectivity index (χ0) is 16.6. The summed E-state index contributed by atoms with van der Waals surface area (Å²) in [4.78, 5) is 15.0. The minimum Gasteiger partial charge on any atom is -0.508 e. The fraction of sp³-hybridized carbons (Fsp3) is 0.0625. The highest BCUT2D eigenvalue weighted by atomic mass is 35.5. The van der Waals surface area contributed by atoms with Crippen molar-refractivity contribution in [1.29, 1.82) is 0 Å². The summed E-state index contributed by atoms with van der Waals surface area (Å²) < 4.78 is 0. The molecular formula is C16H12ClN3O3. The molecule has 0 aliphatic heterocycles. The lowest BCUT2D eigenvalue weighted by atomic mass is 10.1. The number of benzene rings is 2. The van der Waals surface area contributed by atoms with Gasteiger partial charge in [-0.05, 0) is 42.8 Å². The number of nitro benzene ring substituents is 1. The highest BCUT2D eigenvalue weighted by Crippen LogP contribution is 2.34. The fourth-order valence-corrected chi connectivity index (χ4v) is 2.61. The van der Waals surface area contributed by atoms with Crippen LogP contribution in [0.2, 0.25) is 5.02 Å². The molecular weight excluding hydrogens is 318 g/mol. The number of nitrogens with zero attached hydrogens (tertiary/aromatic N) is 2. The molecule has 0 radical (unpaired) electrons. The van der Waals surface area contributed by atoms with Gasteiger partial charge in [0, 0.05) is 28.4 Å². The first kappa shape index (κ1) is 15.1. The summed E-state index contributed by atoms with van der Waals surface area (Å²) in [6, 6.07) is 9.41. The number of hydrogen-bond acceptors (Lipinski definition) is 5. The van der Waals surface area contributed by atoms with Crippen LogP contribution in [0.5, 0.6) is 5.75 Å². The maximum Gasteiger partial charge on any atom is 0.278 e. The highest BCUT2D eigenvalue weighted by molar-refractivity contribution is 6.32. The molecule has 0 fully saturated rings. The molecule has 23 heavy (non-hydrogen) atoms. The molecule has 0 aliphatic carbocycles. The van der Waals surface area contributed by atoms with Gasteiger partial charge in [-0.3, -0.25) is 10.1 Å². The van der Waals surface area contributed by atoms with Crippen molar-refractivity contribution in [2.24, 2.45) is 0 Å². The summed E-state index contributed by atoms with van der Waals surface area (Å²) in [6.45, 7) is 1.84. The quantitative estimate of drug-likeness (QED) is 0.418. The van der Waals surface area contributed by atoms with Crippen LogP contribution in [-0.4, -0.2) is 15.0 Å². The van der Waals surface area contributed by atoms with Crippen molar-refractivity contribution >= 4 is 39.6 Å². The van der Waals surface area contributed by atoms with Gasteiger partial charge in [0.15, 0.2) is 0 Å². The number of aromatic hydroxyl groups is 1. The van der Waals surface area contributed by atoms with E-state index in [1.54, 1.807) is 30.3 Å². The number of aromatic nitrogens is 1. The van der Waals surface area contributed by atoms with E-state index in [1.807, 2.05) is 6.92 Å². The standard InChI is InChI=1S/C16H12ClN3O3/c1-9-6-11(21)2-3-14(9)19-16-13-7-10(17)8-15(20(22)23)12(13)4-5-18-16/h2-8,21H,1H3,(H,18,19). The van der Waals surface area contributed by atoms with E-state index < -0.39 is 4.92 Å². The lowest BCUT2D eigenvalue weighted by Gasteiger charge is -2.11. The highest BCUT2D eigenvalue weighted by Gasteiger charge is 2.16. The van der Waals surface area contributed by atoms with Gasteiger partial charge in [0.1, 0.15) is 11.6 Å². The summed E-state index contributed by atoms with van der Waals surface area (Å²) in [5, 5.41) is 25.1. The third-order valence-electron chi connectivity index (χ3n) is 3.48. The molecule has 0 bridgehead atoms. The summed E-state index contributed by atoms with van der Waals surface area (Å²) in [5.41, 5.74) is 1.49. The van der Waals surface area contributed by atoms with E-state index in [4.69, 9.17) is 11.6 Å². The van der Waals surface area contributed by atoms with Crippen LogP contribution in [0, 0.1) is 17.0 Å². The van der Waals surface area contributed by atoms with Gasteiger partial charge in [-0.15, -0.1) is 0 Å². The van der Waals surface area contributed by atoms with Gasteiger partial charge in [0.2, 0.25) is 0 Å². The minimum atomic E-state index is -0.468. The number of phenolic OH excluding ortho intramolecular Hbond substituents is 1. The van der Waals surface area contributed by atoms with Crippen LogP contribution >= 0.6 is 11.6 Å². The van der Waals surface area contributed by atoms with Crippen LogP contribution in [0.4, 0.5) is 17.2 Å². The number of nitrogens with one attached hydrogen (secondary N) is 1. The Hall–Kier alpha value is -2.86. The first-order valence-electron chi connectivity index (χ1n) is 6.75. The van der Waals surface area contributed by atoms with Crippen LogP contribution < -0.4 is 5.32 Å². The van der Waals surface area contributed by atoms with Crippen molar-refractivity contribution in [2.45, 2.75) is 6.92 Å². The zero-order valence-corrected chi connectivity index (χ0v) is 12.8. The van der Waals surface area contributed by atoms with E-state index in [-0.39, 0.29) is 16.5 Å². The summed E-state index contributed by atoms with van der Waals surface area (Å²) >= 11 is 6.00. The number of fused-ring (bicyclic) bond motifs is 1. The number of non-ortho nitro benzene ring substituents is 1. The molecule has 0 saturated carbocycles.